The number of carbonyl (C=O) groups is 2. The Morgan fingerprint density at radius 2 is 1.77 bits per heavy atom. The Kier molecular flexibility index (Phi) is 8.41. The van der Waals surface area contributed by atoms with Crippen LogP contribution in [0, 0.1) is 17.5 Å². The van der Waals surface area contributed by atoms with E-state index >= 15 is 0 Å². The first-order valence-corrected chi connectivity index (χ1v) is 13.2. The van der Waals surface area contributed by atoms with Crippen LogP contribution < -0.4 is 11.1 Å². The molecule has 15 heteroatoms. The van der Waals surface area contributed by atoms with Gasteiger partial charge < -0.3 is 11.1 Å². The molecule has 0 spiro atoms. The maximum absolute atomic E-state index is 14.2. The van der Waals surface area contributed by atoms with E-state index in [0.717, 1.165) is 22.9 Å². The van der Waals surface area contributed by atoms with Crippen LogP contribution in [0.25, 0.3) is 11.1 Å². The highest BCUT2D eigenvalue weighted by Gasteiger charge is 2.40. The number of primary amides is 1. The molecule has 0 fully saturated rings. The van der Waals surface area contributed by atoms with Crippen molar-refractivity contribution in [2.75, 3.05) is 6.54 Å². The SMILES string of the molecule is NC(=O)c1cc(-c2cccnc2[C@H](Cc2cc(F)cc(F)c2)NC(=O)Cn2nc(C(F)(F)F)c3c2CN(F)CC3)ccc1F. The van der Waals surface area contributed by atoms with Crippen molar-refractivity contribution in [3.8, 4) is 11.1 Å². The fourth-order valence-corrected chi connectivity index (χ4v) is 5.18. The van der Waals surface area contributed by atoms with Crippen LogP contribution in [-0.4, -0.2) is 38.2 Å². The first-order valence-electron chi connectivity index (χ1n) is 13.2. The van der Waals surface area contributed by atoms with Crippen LogP contribution in [-0.2, 0) is 36.9 Å². The monoisotopic (exact) mass is 620 g/mol. The number of hydrogen-bond acceptors (Lipinski definition) is 5. The number of nitrogens with two attached hydrogens (primary N) is 1. The van der Waals surface area contributed by atoms with Crippen LogP contribution in [0.4, 0.5) is 30.8 Å². The number of alkyl halides is 3. The third-order valence-corrected chi connectivity index (χ3v) is 7.06. The van der Waals surface area contributed by atoms with Crippen molar-refractivity contribution in [3.05, 3.63) is 106 Å². The Bertz CT molecular complexity index is 1720. The number of benzene rings is 2. The van der Waals surface area contributed by atoms with E-state index in [1.54, 1.807) is 6.07 Å². The molecule has 0 radical (unpaired) electrons. The standard InChI is InChI=1S/C29H23F7N6O2/c30-17-8-15(9-18(31)12-17)10-23(26-19(2-1-6-38-26)16-3-4-22(32)21(11-16)28(37)44)39-25(43)14-42-24-13-41(36)7-5-20(24)27(40-42)29(33,34)35/h1-4,6,8-9,11-12,23H,5,7,10,13-14H2,(H2,37,44)(H,39,43)/t23-/m0/s1. The van der Waals surface area contributed by atoms with Crippen molar-refractivity contribution in [2.45, 2.75) is 38.1 Å². The molecule has 1 aliphatic heterocycles. The van der Waals surface area contributed by atoms with E-state index in [0.29, 0.717) is 16.8 Å². The highest BCUT2D eigenvalue weighted by molar-refractivity contribution is 5.94. The summed E-state index contributed by atoms with van der Waals surface area (Å²) in [6.07, 6.45) is -3.98. The fourth-order valence-electron chi connectivity index (χ4n) is 5.18. The van der Waals surface area contributed by atoms with E-state index in [9.17, 15) is 40.4 Å². The molecule has 3 heterocycles. The van der Waals surface area contributed by atoms with E-state index in [1.807, 2.05) is 0 Å². The predicted octanol–water partition coefficient (Wildman–Crippen LogP) is 4.82. The van der Waals surface area contributed by atoms with E-state index in [1.165, 1.54) is 24.4 Å². The maximum Gasteiger partial charge on any atom is 0.435 e. The van der Waals surface area contributed by atoms with Gasteiger partial charge in [0.2, 0.25) is 5.91 Å². The second kappa shape index (κ2) is 12.1. The molecule has 2 aromatic carbocycles. The van der Waals surface area contributed by atoms with E-state index < -0.39 is 65.8 Å². The van der Waals surface area contributed by atoms with Gasteiger partial charge in [-0.2, -0.15) is 18.3 Å². The van der Waals surface area contributed by atoms with Gasteiger partial charge in [0.1, 0.15) is 24.0 Å². The number of nitrogens with one attached hydrogen (secondary N) is 1. The zero-order valence-corrected chi connectivity index (χ0v) is 22.6. The third kappa shape index (κ3) is 6.56. The normalized spacial score (nSPS) is 14.2. The van der Waals surface area contributed by atoms with Gasteiger partial charge in [-0.15, -0.1) is 9.60 Å². The average molecular weight is 621 g/mol. The molecule has 0 saturated carbocycles. The molecule has 2 aromatic heterocycles. The van der Waals surface area contributed by atoms with Gasteiger partial charge in [0.05, 0.1) is 29.5 Å². The Labute approximate surface area is 245 Å². The molecule has 0 unspecified atom stereocenters. The lowest BCUT2D eigenvalue weighted by molar-refractivity contribution is -0.142. The summed E-state index contributed by atoms with van der Waals surface area (Å²) in [5.74, 6) is -4.57. The van der Waals surface area contributed by atoms with Crippen LogP contribution in [0.2, 0.25) is 0 Å². The topological polar surface area (TPSA) is 106 Å². The minimum atomic E-state index is -4.84. The van der Waals surface area contributed by atoms with Crippen LogP contribution in [0.5, 0.6) is 0 Å². The van der Waals surface area contributed by atoms with Crippen molar-refractivity contribution >= 4 is 11.8 Å². The fraction of sp³-hybridized carbons (Fsp3) is 0.241. The van der Waals surface area contributed by atoms with Crippen molar-refractivity contribution in [3.63, 3.8) is 0 Å². The summed E-state index contributed by atoms with van der Waals surface area (Å²) in [6, 6.07) is 8.15. The predicted molar refractivity (Wildman–Crippen MR) is 142 cm³/mol. The van der Waals surface area contributed by atoms with Gasteiger partial charge in [-0.05, 0) is 54.3 Å². The molecule has 1 aliphatic rings. The lowest BCUT2D eigenvalue weighted by Crippen LogP contribution is -2.35. The minimum Gasteiger partial charge on any atom is -0.366 e. The molecular weight excluding hydrogens is 597 g/mol. The molecule has 0 saturated heterocycles. The average Bonchev–Trinajstić information content (AvgIpc) is 3.30. The van der Waals surface area contributed by atoms with Gasteiger partial charge in [-0.25, -0.2) is 13.2 Å². The molecule has 230 valence electrons. The van der Waals surface area contributed by atoms with Gasteiger partial charge in [0.25, 0.3) is 5.91 Å². The molecule has 5 rings (SSSR count). The molecule has 44 heavy (non-hydrogen) atoms. The van der Waals surface area contributed by atoms with E-state index in [2.05, 4.69) is 15.4 Å². The minimum absolute atomic E-state index is 0.102. The zero-order chi connectivity index (χ0) is 31.8. The number of hydrogen-bond donors (Lipinski definition) is 2. The second-order valence-electron chi connectivity index (χ2n) is 10.1. The van der Waals surface area contributed by atoms with Gasteiger partial charge >= 0.3 is 6.18 Å². The Hall–Kier alpha value is -4.79. The molecule has 2 amide bonds. The summed E-state index contributed by atoms with van der Waals surface area (Å²) in [7, 11) is 0. The lowest BCUT2D eigenvalue weighted by atomic mass is 9.94. The number of carbonyl (C=O) groups excluding carboxylic acids is 2. The summed E-state index contributed by atoms with van der Waals surface area (Å²) in [4.78, 5) is 29.4. The second-order valence-corrected chi connectivity index (χ2v) is 10.1. The lowest BCUT2D eigenvalue weighted by Gasteiger charge is -2.23. The summed E-state index contributed by atoms with van der Waals surface area (Å²) in [6.45, 7) is -1.54. The summed E-state index contributed by atoms with van der Waals surface area (Å²) in [5, 5.41) is 6.51. The Balaban J connectivity index is 1.53. The molecule has 0 aliphatic carbocycles. The first-order chi connectivity index (χ1) is 20.8. The quantitative estimate of drug-likeness (QED) is 0.217. The number of fused-ring (bicyclic) bond motifs is 1. The molecule has 3 N–H and O–H groups in total. The third-order valence-electron chi connectivity index (χ3n) is 7.06. The summed E-state index contributed by atoms with van der Waals surface area (Å²) in [5.41, 5.74) is 4.12. The van der Waals surface area contributed by atoms with Gasteiger partial charge in [0, 0.05) is 29.9 Å². The van der Waals surface area contributed by atoms with Crippen LogP contribution in [0.3, 0.4) is 0 Å². The highest BCUT2D eigenvalue weighted by atomic mass is 19.4. The first kappa shape index (κ1) is 30.7. The van der Waals surface area contributed by atoms with Crippen molar-refractivity contribution in [1.82, 2.24) is 25.2 Å². The number of pyridine rings is 1. The Morgan fingerprint density at radius 1 is 1.05 bits per heavy atom. The smallest absolute Gasteiger partial charge is 0.366 e. The molecule has 8 nitrogen and oxygen atoms in total. The highest BCUT2D eigenvalue weighted by Crippen LogP contribution is 2.35. The number of rotatable bonds is 8. The van der Waals surface area contributed by atoms with E-state index in [4.69, 9.17) is 5.73 Å². The van der Waals surface area contributed by atoms with E-state index in [-0.39, 0.29) is 47.5 Å². The molecule has 1 atom stereocenters. The number of nitrogens with zero attached hydrogens (tertiary/aromatic N) is 4. The number of amides is 2. The van der Waals surface area contributed by atoms with Crippen LogP contribution in [0.15, 0.2) is 54.7 Å². The van der Waals surface area contributed by atoms with Gasteiger partial charge in [-0.1, -0.05) is 12.1 Å². The van der Waals surface area contributed by atoms with Crippen molar-refractivity contribution < 1.29 is 40.4 Å². The van der Waals surface area contributed by atoms with Crippen LogP contribution >= 0.6 is 0 Å². The van der Waals surface area contributed by atoms with Crippen LogP contribution in [0.1, 0.15) is 44.6 Å². The maximum atomic E-state index is 14.2. The number of aromatic nitrogens is 3. The van der Waals surface area contributed by atoms with Crippen molar-refractivity contribution in [1.29, 1.82) is 0 Å². The molecule has 4 aromatic rings. The van der Waals surface area contributed by atoms with Gasteiger partial charge in [0.15, 0.2) is 5.69 Å². The summed E-state index contributed by atoms with van der Waals surface area (Å²) < 4.78 is 98.1. The van der Waals surface area contributed by atoms with Crippen molar-refractivity contribution in [2.24, 2.45) is 5.73 Å². The zero-order valence-electron chi connectivity index (χ0n) is 22.6. The Morgan fingerprint density at radius 3 is 2.45 bits per heavy atom. The summed E-state index contributed by atoms with van der Waals surface area (Å²) >= 11 is 0. The number of halogens is 7. The largest absolute Gasteiger partial charge is 0.435 e. The molecule has 0 bridgehead atoms. The van der Waals surface area contributed by atoms with Gasteiger partial charge in [-0.3, -0.25) is 19.3 Å². The molecular formula is C29H23F7N6O2.